The molecule has 0 aliphatic carbocycles. The molecule has 3 atom stereocenters. The zero-order valence-electron chi connectivity index (χ0n) is 9.70. The van der Waals surface area contributed by atoms with E-state index in [1.54, 1.807) is 0 Å². The van der Waals surface area contributed by atoms with E-state index in [2.05, 4.69) is 4.74 Å². The second-order valence-electron chi connectivity index (χ2n) is 4.91. The monoisotopic (exact) mass is 268 g/mol. The van der Waals surface area contributed by atoms with Crippen LogP contribution in [0.4, 0.5) is 13.2 Å². The third kappa shape index (κ3) is 2.61. The van der Waals surface area contributed by atoms with Gasteiger partial charge in [0, 0.05) is 6.61 Å². The molecule has 2 rings (SSSR count). The van der Waals surface area contributed by atoms with Crippen LogP contribution in [0.25, 0.3) is 0 Å². The number of hydrogen-bond donors (Lipinski definition) is 1. The van der Waals surface area contributed by atoms with Crippen molar-refractivity contribution >= 4 is 5.97 Å². The Morgan fingerprint density at radius 1 is 1.44 bits per heavy atom. The lowest BCUT2D eigenvalue weighted by Crippen LogP contribution is -2.41. The molecule has 0 amide bonds. The normalized spacial score (nSPS) is 35.1. The summed E-state index contributed by atoms with van der Waals surface area (Å²) in [5.74, 6) is -0.995. The van der Waals surface area contributed by atoms with E-state index >= 15 is 0 Å². The molecule has 7 heteroatoms. The fourth-order valence-electron chi connectivity index (χ4n) is 2.84. The second-order valence-corrected chi connectivity index (χ2v) is 4.91. The van der Waals surface area contributed by atoms with Crippen molar-refractivity contribution in [2.45, 2.75) is 44.1 Å². The van der Waals surface area contributed by atoms with E-state index in [4.69, 9.17) is 4.74 Å². The summed E-state index contributed by atoms with van der Waals surface area (Å²) in [6, 6.07) is 0. The van der Waals surface area contributed by atoms with E-state index in [1.165, 1.54) is 0 Å². The number of rotatable bonds is 5. The lowest BCUT2D eigenvalue weighted by Gasteiger charge is -2.30. The predicted octanol–water partition coefficient (Wildman–Crippen LogP) is 1.98. The van der Waals surface area contributed by atoms with E-state index in [0.29, 0.717) is 12.8 Å². The highest BCUT2D eigenvalue weighted by molar-refractivity contribution is 5.76. The van der Waals surface area contributed by atoms with Crippen LogP contribution in [-0.2, 0) is 14.3 Å². The first-order valence-corrected chi connectivity index (χ1v) is 5.87. The molecule has 104 valence electrons. The van der Waals surface area contributed by atoms with Gasteiger partial charge in [0.05, 0.1) is 17.6 Å². The fraction of sp³-hybridized carbons (Fsp3) is 0.909. The van der Waals surface area contributed by atoms with Crippen LogP contribution in [0.2, 0.25) is 0 Å². The van der Waals surface area contributed by atoms with Gasteiger partial charge in [-0.2, -0.15) is 13.2 Å². The first-order chi connectivity index (χ1) is 8.33. The van der Waals surface area contributed by atoms with Crippen molar-refractivity contribution in [3.05, 3.63) is 0 Å². The minimum Gasteiger partial charge on any atom is -0.481 e. The first-order valence-electron chi connectivity index (χ1n) is 5.87. The Morgan fingerprint density at radius 2 is 2.17 bits per heavy atom. The summed E-state index contributed by atoms with van der Waals surface area (Å²) >= 11 is 0. The summed E-state index contributed by atoms with van der Waals surface area (Å²) in [6.45, 7) is -1.55. The predicted molar refractivity (Wildman–Crippen MR) is 54.1 cm³/mol. The largest absolute Gasteiger partial charge is 0.481 e. The smallest absolute Gasteiger partial charge is 0.411 e. The summed E-state index contributed by atoms with van der Waals surface area (Å²) in [6.07, 6.45) is -2.87. The standard InChI is InChI=1S/C11H15F3O4/c12-11(13,14)6-17-4-3-10(9(15)16)5-7-1-2-8(10)18-7/h7-8H,1-6H2,(H,15,16). The molecule has 18 heavy (non-hydrogen) atoms. The van der Waals surface area contributed by atoms with Gasteiger partial charge < -0.3 is 14.6 Å². The topological polar surface area (TPSA) is 55.8 Å². The number of halogens is 3. The maximum Gasteiger partial charge on any atom is 0.411 e. The van der Waals surface area contributed by atoms with E-state index in [1.807, 2.05) is 0 Å². The van der Waals surface area contributed by atoms with Crippen molar-refractivity contribution in [3.8, 4) is 0 Å². The van der Waals surface area contributed by atoms with Crippen LogP contribution in [0.1, 0.15) is 25.7 Å². The van der Waals surface area contributed by atoms with Crippen molar-refractivity contribution < 1.29 is 32.5 Å². The first kappa shape index (κ1) is 13.6. The summed E-state index contributed by atoms with van der Waals surface area (Å²) in [4.78, 5) is 11.3. The molecule has 2 heterocycles. The molecule has 2 bridgehead atoms. The molecule has 2 fully saturated rings. The molecule has 0 aromatic carbocycles. The zero-order valence-corrected chi connectivity index (χ0v) is 9.70. The minimum atomic E-state index is -4.37. The van der Waals surface area contributed by atoms with E-state index in [0.717, 1.165) is 6.42 Å². The summed E-state index contributed by atoms with van der Waals surface area (Å²) in [7, 11) is 0. The number of carboxylic acids is 1. The van der Waals surface area contributed by atoms with Crippen LogP contribution in [0.15, 0.2) is 0 Å². The van der Waals surface area contributed by atoms with Gasteiger partial charge in [-0.1, -0.05) is 0 Å². The SMILES string of the molecule is O=C(O)C1(CCOCC(F)(F)F)CC2CCC1O2. The van der Waals surface area contributed by atoms with Crippen molar-refractivity contribution in [2.24, 2.45) is 5.41 Å². The molecule has 2 saturated heterocycles. The van der Waals surface area contributed by atoms with Crippen LogP contribution in [-0.4, -0.2) is 42.7 Å². The van der Waals surface area contributed by atoms with Gasteiger partial charge in [0.25, 0.3) is 0 Å². The van der Waals surface area contributed by atoms with Crippen LogP contribution >= 0.6 is 0 Å². The molecule has 0 aromatic heterocycles. The molecular weight excluding hydrogens is 253 g/mol. The Hall–Kier alpha value is -0.820. The highest BCUT2D eigenvalue weighted by atomic mass is 19.4. The number of aliphatic carboxylic acids is 1. The molecular formula is C11H15F3O4. The van der Waals surface area contributed by atoms with Crippen LogP contribution in [0, 0.1) is 5.41 Å². The summed E-state index contributed by atoms with van der Waals surface area (Å²) in [5.41, 5.74) is -1.06. The molecule has 2 aliphatic heterocycles. The lowest BCUT2D eigenvalue weighted by molar-refractivity contribution is -0.177. The van der Waals surface area contributed by atoms with Crippen LogP contribution in [0.3, 0.4) is 0 Å². The van der Waals surface area contributed by atoms with Gasteiger partial charge in [-0.3, -0.25) is 4.79 Å². The third-order valence-electron chi connectivity index (χ3n) is 3.70. The molecule has 3 unspecified atom stereocenters. The Kier molecular flexibility index (Phi) is 3.55. The van der Waals surface area contributed by atoms with Crippen molar-refractivity contribution in [3.63, 3.8) is 0 Å². The molecule has 0 spiro atoms. The average Bonchev–Trinajstić information content (AvgIpc) is 2.83. The molecule has 4 nitrogen and oxygen atoms in total. The minimum absolute atomic E-state index is 0.0614. The Morgan fingerprint density at radius 3 is 2.61 bits per heavy atom. The summed E-state index contributed by atoms with van der Waals surface area (Å²) in [5, 5.41) is 9.29. The molecule has 0 saturated carbocycles. The van der Waals surface area contributed by atoms with Crippen molar-refractivity contribution in [1.82, 2.24) is 0 Å². The van der Waals surface area contributed by atoms with Gasteiger partial charge in [0.1, 0.15) is 6.61 Å². The number of ether oxygens (including phenoxy) is 2. The summed E-state index contributed by atoms with van der Waals surface area (Å²) < 4.78 is 45.7. The number of hydrogen-bond acceptors (Lipinski definition) is 3. The zero-order chi connectivity index (χ0) is 13.4. The van der Waals surface area contributed by atoms with Gasteiger partial charge in [-0.15, -0.1) is 0 Å². The number of fused-ring (bicyclic) bond motifs is 2. The molecule has 1 N–H and O–H groups in total. The molecule has 2 aliphatic rings. The highest BCUT2D eigenvalue weighted by Crippen LogP contribution is 2.50. The average molecular weight is 268 g/mol. The number of alkyl halides is 3. The van der Waals surface area contributed by atoms with Crippen molar-refractivity contribution in [2.75, 3.05) is 13.2 Å². The lowest BCUT2D eigenvalue weighted by atomic mass is 9.72. The third-order valence-corrected chi connectivity index (χ3v) is 3.70. The van der Waals surface area contributed by atoms with Gasteiger partial charge in [-0.25, -0.2) is 0 Å². The van der Waals surface area contributed by atoms with Crippen LogP contribution < -0.4 is 0 Å². The number of carboxylic acid groups (broad SMARTS) is 1. The van der Waals surface area contributed by atoms with E-state index in [9.17, 15) is 23.1 Å². The maximum atomic E-state index is 11.9. The van der Waals surface area contributed by atoms with E-state index in [-0.39, 0.29) is 25.2 Å². The second kappa shape index (κ2) is 4.70. The van der Waals surface area contributed by atoms with Gasteiger partial charge >= 0.3 is 12.1 Å². The fourth-order valence-corrected chi connectivity index (χ4v) is 2.84. The molecule has 0 aromatic rings. The Balaban J connectivity index is 1.87. The van der Waals surface area contributed by atoms with Gasteiger partial charge in [0.2, 0.25) is 0 Å². The van der Waals surface area contributed by atoms with Gasteiger partial charge in [0.15, 0.2) is 0 Å². The maximum absolute atomic E-state index is 11.9. The Bertz CT molecular complexity index is 331. The Labute approximate surface area is 102 Å². The highest BCUT2D eigenvalue weighted by Gasteiger charge is 2.57. The molecule has 0 radical (unpaired) electrons. The number of carbonyl (C=O) groups is 1. The van der Waals surface area contributed by atoms with Crippen LogP contribution in [0.5, 0.6) is 0 Å². The van der Waals surface area contributed by atoms with E-state index < -0.39 is 24.2 Å². The van der Waals surface area contributed by atoms with Gasteiger partial charge in [-0.05, 0) is 25.7 Å². The van der Waals surface area contributed by atoms with Crippen molar-refractivity contribution in [1.29, 1.82) is 0 Å². The quantitative estimate of drug-likeness (QED) is 0.775.